The minimum atomic E-state index is 0.0320. The topological polar surface area (TPSA) is 43.4 Å². The van der Waals surface area contributed by atoms with Crippen molar-refractivity contribution in [1.82, 2.24) is 10.3 Å². The fourth-order valence-electron chi connectivity index (χ4n) is 1.98. The second-order valence-electron chi connectivity index (χ2n) is 4.69. The Bertz CT molecular complexity index is 607. The van der Waals surface area contributed by atoms with Crippen LogP contribution in [0, 0.1) is 0 Å². The molecule has 1 aromatic carbocycles. The molecule has 1 heterocycles. The van der Waals surface area contributed by atoms with E-state index in [0.717, 1.165) is 38.7 Å². The lowest BCUT2D eigenvalue weighted by Gasteiger charge is -2.18. The van der Waals surface area contributed by atoms with E-state index in [1.165, 1.54) is 0 Å². The molecule has 0 amide bonds. The van der Waals surface area contributed by atoms with E-state index in [1.54, 1.807) is 13.3 Å². The van der Waals surface area contributed by atoms with Crippen molar-refractivity contribution >= 4 is 42.8 Å². The number of benzene rings is 1. The summed E-state index contributed by atoms with van der Waals surface area (Å²) < 4.78 is 13.0. The van der Waals surface area contributed by atoms with Gasteiger partial charge < -0.3 is 14.8 Å². The molecule has 0 saturated carbocycles. The predicted molar refractivity (Wildman–Crippen MR) is 92.0 cm³/mol. The molecule has 0 fully saturated rings. The first-order chi connectivity index (χ1) is 10.1. The molecule has 114 valence electrons. The van der Waals surface area contributed by atoms with Crippen LogP contribution >= 0.6 is 31.9 Å². The second kappa shape index (κ2) is 8.08. The van der Waals surface area contributed by atoms with Gasteiger partial charge in [-0.05, 0) is 35.0 Å². The molecule has 0 spiro atoms. The summed E-state index contributed by atoms with van der Waals surface area (Å²) in [6.45, 7) is 4.28. The van der Waals surface area contributed by atoms with E-state index in [-0.39, 0.29) is 6.10 Å². The number of hydrogen-bond acceptors (Lipinski definition) is 4. The number of fused-ring (bicyclic) bond motifs is 1. The number of pyridine rings is 1. The minimum Gasteiger partial charge on any atom is -0.486 e. The highest BCUT2D eigenvalue weighted by Crippen LogP contribution is 2.37. The number of hydrogen-bond donors (Lipinski definition) is 1. The van der Waals surface area contributed by atoms with Crippen molar-refractivity contribution in [2.45, 2.75) is 13.0 Å². The zero-order valence-corrected chi connectivity index (χ0v) is 15.2. The van der Waals surface area contributed by atoms with Gasteiger partial charge in [0.1, 0.15) is 11.6 Å². The highest BCUT2D eigenvalue weighted by Gasteiger charge is 2.14. The molecule has 0 aliphatic heterocycles. The first-order valence-corrected chi connectivity index (χ1v) is 8.31. The molecule has 6 heteroatoms. The first-order valence-electron chi connectivity index (χ1n) is 6.72. The van der Waals surface area contributed by atoms with Gasteiger partial charge in [0.25, 0.3) is 0 Å². The standard InChI is InChI=1S/C15H18Br2N2O2/c1-10(9-18-6-7-20-2)21-15-13(17)8-12(16)11-4-3-5-19-14(11)15/h3-5,8,10,18H,6-7,9H2,1-2H3. The number of aromatic nitrogens is 1. The van der Waals surface area contributed by atoms with Gasteiger partial charge in [0.15, 0.2) is 5.75 Å². The first kappa shape index (κ1) is 16.7. The number of rotatable bonds is 7. The van der Waals surface area contributed by atoms with E-state index in [9.17, 15) is 0 Å². The van der Waals surface area contributed by atoms with Crippen LogP contribution in [0.2, 0.25) is 0 Å². The lowest BCUT2D eigenvalue weighted by molar-refractivity contribution is 0.184. The van der Waals surface area contributed by atoms with Crippen LogP contribution in [0.1, 0.15) is 6.92 Å². The van der Waals surface area contributed by atoms with Crippen LogP contribution in [0.25, 0.3) is 10.9 Å². The predicted octanol–water partition coefficient (Wildman–Crippen LogP) is 3.76. The number of nitrogens with one attached hydrogen (secondary N) is 1. The molecule has 1 N–H and O–H groups in total. The third-order valence-electron chi connectivity index (χ3n) is 2.98. The molecule has 0 aliphatic rings. The molecule has 0 radical (unpaired) electrons. The van der Waals surface area contributed by atoms with E-state index in [4.69, 9.17) is 9.47 Å². The summed E-state index contributed by atoms with van der Waals surface area (Å²) in [6, 6.07) is 5.93. The fourth-order valence-corrected chi connectivity index (χ4v) is 3.35. The van der Waals surface area contributed by atoms with Crippen LogP contribution in [-0.2, 0) is 4.74 Å². The van der Waals surface area contributed by atoms with Crippen molar-refractivity contribution in [3.63, 3.8) is 0 Å². The smallest absolute Gasteiger partial charge is 0.160 e. The number of methoxy groups -OCH3 is 1. The molecule has 0 saturated heterocycles. The van der Waals surface area contributed by atoms with Crippen molar-refractivity contribution in [3.05, 3.63) is 33.3 Å². The van der Waals surface area contributed by atoms with Gasteiger partial charge in [-0.2, -0.15) is 0 Å². The summed E-state index contributed by atoms with van der Waals surface area (Å²) in [5, 5.41) is 4.33. The summed E-state index contributed by atoms with van der Waals surface area (Å²) >= 11 is 7.11. The average Bonchev–Trinajstić information content (AvgIpc) is 2.48. The maximum absolute atomic E-state index is 6.06. The number of ether oxygens (including phenoxy) is 2. The molecule has 21 heavy (non-hydrogen) atoms. The molecule has 0 bridgehead atoms. The molecular weight excluding hydrogens is 400 g/mol. The Morgan fingerprint density at radius 3 is 2.90 bits per heavy atom. The third-order valence-corrected chi connectivity index (χ3v) is 4.23. The highest BCUT2D eigenvalue weighted by molar-refractivity contribution is 9.11. The van der Waals surface area contributed by atoms with Crippen LogP contribution in [-0.4, -0.2) is 37.9 Å². The third kappa shape index (κ3) is 4.39. The van der Waals surface area contributed by atoms with Crippen LogP contribution in [0.5, 0.6) is 5.75 Å². The number of nitrogens with zero attached hydrogens (tertiary/aromatic N) is 1. The van der Waals surface area contributed by atoms with E-state index >= 15 is 0 Å². The summed E-state index contributed by atoms with van der Waals surface area (Å²) in [7, 11) is 1.69. The van der Waals surface area contributed by atoms with Gasteiger partial charge in [0.05, 0.1) is 11.1 Å². The van der Waals surface area contributed by atoms with Gasteiger partial charge in [-0.25, -0.2) is 0 Å². The van der Waals surface area contributed by atoms with Crippen molar-refractivity contribution in [3.8, 4) is 5.75 Å². The summed E-state index contributed by atoms with van der Waals surface area (Å²) in [4.78, 5) is 4.44. The summed E-state index contributed by atoms with van der Waals surface area (Å²) in [5.74, 6) is 0.773. The van der Waals surface area contributed by atoms with Gasteiger partial charge in [-0.15, -0.1) is 0 Å². The van der Waals surface area contributed by atoms with Crippen molar-refractivity contribution < 1.29 is 9.47 Å². The number of halogens is 2. The van der Waals surface area contributed by atoms with Gasteiger partial charge >= 0.3 is 0 Å². The van der Waals surface area contributed by atoms with Gasteiger partial charge in [-0.1, -0.05) is 22.0 Å². The molecule has 4 nitrogen and oxygen atoms in total. The van der Waals surface area contributed by atoms with Crippen LogP contribution in [0.4, 0.5) is 0 Å². The zero-order valence-electron chi connectivity index (χ0n) is 12.0. The SMILES string of the molecule is COCCNCC(C)Oc1c(Br)cc(Br)c2cccnc12. The van der Waals surface area contributed by atoms with Gasteiger partial charge in [0, 0.05) is 36.3 Å². The van der Waals surface area contributed by atoms with Crippen molar-refractivity contribution in [2.24, 2.45) is 0 Å². The van der Waals surface area contributed by atoms with E-state index < -0.39 is 0 Å². The molecule has 2 aromatic rings. The molecule has 1 aromatic heterocycles. The Morgan fingerprint density at radius 1 is 1.33 bits per heavy atom. The zero-order chi connectivity index (χ0) is 15.2. The molecule has 2 rings (SSSR count). The fraction of sp³-hybridized carbons (Fsp3) is 0.400. The molecular formula is C15H18Br2N2O2. The monoisotopic (exact) mass is 416 g/mol. The molecule has 1 atom stereocenters. The highest BCUT2D eigenvalue weighted by atomic mass is 79.9. The Morgan fingerprint density at radius 2 is 2.14 bits per heavy atom. The Labute approximate surface area is 141 Å². The van der Waals surface area contributed by atoms with Crippen LogP contribution in [0.15, 0.2) is 33.3 Å². The van der Waals surface area contributed by atoms with E-state index in [0.29, 0.717) is 6.61 Å². The maximum Gasteiger partial charge on any atom is 0.160 e. The Kier molecular flexibility index (Phi) is 6.41. The van der Waals surface area contributed by atoms with Crippen molar-refractivity contribution in [1.29, 1.82) is 0 Å². The lowest BCUT2D eigenvalue weighted by Crippen LogP contribution is -2.31. The van der Waals surface area contributed by atoms with Crippen LogP contribution < -0.4 is 10.1 Å². The molecule has 0 aliphatic carbocycles. The van der Waals surface area contributed by atoms with Crippen molar-refractivity contribution in [2.75, 3.05) is 26.8 Å². The maximum atomic E-state index is 6.06. The largest absolute Gasteiger partial charge is 0.486 e. The normalized spacial score (nSPS) is 12.6. The average molecular weight is 418 g/mol. The lowest BCUT2D eigenvalue weighted by atomic mass is 10.2. The van der Waals surface area contributed by atoms with E-state index in [2.05, 4.69) is 42.2 Å². The minimum absolute atomic E-state index is 0.0320. The Balaban J connectivity index is 2.14. The summed E-state index contributed by atoms with van der Waals surface area (Å²) in [6.07, 6.45) is 1.81. The molecule has 1 unspecified atom stereocenters. The van der Waals surface area contributed by atoms with E-state index in [1.807, 2.05) is 25.1 Å². The quantitative estimate of drug-likeness (QED) is 0.696. The van der Waals surface area contributed by atoms with Gasteiger partial charge in [0.2, 0.25) is 0 Å². The summed E-state index contributed by atoms with van der Waals surface area (Å²) in [5.41, 5.74) is 0.850. The Hall–Kier alpha value is -0.690. The van der Waals surface area contributed by atoms with Gasteiger partial charge in [-0.3, -0.25) is 4.98 Å². The van der Waals surface area contributed by atoms with Crippen LogP contribution in [0.3, 0.4) is 0 Å². The second-order valence-corrected chi connectivity index (χ2v) is 6.40.